The van der Waals surface area contributed by atoms with Crippen LogP contribution in [0.3, 0.4) is 0 Å². The Morgan fingerprint density at radius 1 is 1.39 bits per heavy atom. The maximum Gasteiger partial charge on any atom is 0.234 e. The molecule has 1 aromatic carbocycles. The summed E-state index contributed by atoms with van der Waals surface area (Å²) in [5.74, 6) is 0.00789. The highest BCUT2D eigenvalue weighted by Crippen LogP contribution is 2.14. The Balaban J connectivity index is 2.31. The van der Waals surface area contributed by atoms with E-state index in [0.717, 1.165) is 18.7 Å². The van der Waals surface area contributed by atoms with Gasteiger partial charge in [0.05, 0.1) is 6.54 Å². The lowest BCUT2D eigenvalue weighted by molar-refractivity contribution is -0.122. The van der Waals surface area contributed by atoms with Gasteiger partial charge in [0, 0.05) is 24.7 Å². The van der Waals surface area contributed by atoms with Crippen LogP contribution in [-0.4, -0.2) is 44.5 Å². The molecule has 2 N–H and O–H groups in total. The Morgan fingerprint density at radius 2 is 2.11 bits per heavy atom. The van der Waals surface area contributed by atoms with Crippen molar-refractivity contribution in [2.45, 2.75) is 6.54 Å². The molecule has 0 aliphatic heterocycles. The topological polar surface area (TPSA) is 44.4 Å². The van der Waals surface area contributed by atoms with Crippen LogP contribution in [0.5, 0.6) is 0 Å². The van der Waals surface area contributed by atoms with E-state index in [1.54, 1.807) is 0 Å². The Hall–Kier alpha value is -1.10. The zero-order valence-corrected chi connectivity index (χ0v) is 11.6. The van der Waals surface area contributed by atoms with Crippen LogP contribution in [0.15, 0.2) is 24.3 Å². The number of halogens is 1. The molecule has 1 aromatic rings. The largest absolute Gasteiger partial charge is 0.351 e. The summed E-state index contributed by atoms with van der Waals surface area (Å²) in [6.07, 6.45) is 0. The second-order valence-corrected chi connectivity index (χ2v) is 4.62. The number of nitrogens with zero attached hydrogens (tertiary/aromatic N) is 1. The highest BCUT2D eigenvalue weighted by Gasteiger charge is 2.06. The van der Waals surface area contributed by atoms with Gasteiger partial charge in [0.15, 0.2) is 0 Å². The molecule has 100 valence electrons. The molecular weight excluding hydrogens is 250 g/mol. The zero-order valence-electron chi connectivity index (χ0n) is 10.9. The normalized spacial score (nSPS) is 10.7. The number of rotatable bonds is 7. The summed E-state index contributed by atoms with van der Waals surface area (Å²) in [6, 6.07) is 7.51. The van der Waals surface area contributed by atoms with E-state index < -0.39 is 0 Å². The van der Waals surface area contributed by atoms with Crippen LogP contribution in [0.2, 0.25) is 5.02 Å². The summed E-state index contributed by atoms with van der Waals surface area (Å²) in [4.78, 5) is 13.7. The minimum Gasteiger partial charge on any atom is -0.351 e. The number of carbonyl (C=O) groups is 1. The van der Waals surface area contributed by atoms with Crippen molar-refractivity contribution < 1.29 is 4.79 Å². The summed E-state index contributed by atoms with van der Waals surface area (Å²) in [5, 5.41) is 6.59. The Kier molecular flexibility index (Phi) is 6.72. The highest BCUT2D eigenvalue weighted by molar-refractivity contribution is 6.31. The van der Waals surface area contributed by atoms with Crippen molar-refractivity contribution in [3.63, 3.8) is 0 Å². The summed E-state index contributed by atoms with van der Waals surface area (Å²) in [5.41, 5.74) is 0.936. The minimum absolute atomic E-state index is 0.00789. The van der Waals surface area contributed by atoms with Gasteiger partial charge < -0.3 is 10.6 Å². The number of likely N-dealkylation sites (N-methyl/N-ethyl adjacent to an activating group) is 2. The number of hydrogen-bond donors (Lipinski definition) is 2. The minimum atomic E-state index is 0.00789. The van der Waals surface area contributed by atoms with Crippen molar-refractivity contribution in [3.05, 3.63) is 34.9 Å². The standard InChI is InChI=1S/C13H20ClN3O/c1-15-7-8-17(2)10-13(18)16-9-11-5-3-4-6-12(11)14/h3-6,15H,7-10H2,1-2H3,(H,16,18). The molecule has 0 aliphatic carbocycles. The monoisotopic (exact) mass is 269 g/mol. The quantitative estimate of drug-likeness (QED) is 0.779. The summed E-state index contributed by atoms with van der Waals surface area (Å²) >= 11 is 6.01. The molecule has 1 amide bonds. The molecule has 0 aromatic heterocycles. The molecule has 0 aliphatic rings. The van der Waals surface area contributed by atoms with Gasteiger partial charge in [0.1, 0.15) is 0 Å². The van der Waals surface area contributed by atoms with E-state index in [-0.39, 0.29) is 5.91 Å². The molecule has 0 spiro atoms. The molecule has 0 atom stereocenters. The lowest BCUT2D eigenvalue weighted by Gasteiger charge is -2.16. The van der Waals surface area contributed by atoms with Gasteiger partial charge in [0.2, 0.25) is 5.91 Å². The lowest BCUT2D eigenvalue weighted by Crippen LogP contribution is -2.37. The number of nitrogens with one attached hydrogen (secondary N) is 2. The maximum absolute atomic E-state index is 11.7. The fraction of sp³-hybridized carbons (Fsp3) is 0.462. The van der Waals surface area contributed by atoms with Gasteiger partial charge in [-0.3, -0.25) is 9.69 Å². The van der Waals surface area contributed by atoms with E-state index >= 15 is 0 Å². The van der Waals surface area contributed by atoms with Crippen LogP contribution in [0.25, 0.3) is 0 Å². The molecule has 0 fully saturated rings. The number of carbonyl (C=O) groups excluding carboxylic acids is 1. The molecule has 0 saturated heterocycles. The van der Waals surface area contributed by atoms with Crippen LogP contribution in [-0.2, 0) is 11.3 Å². The predicted molar refractivity (Wildman–Crippen MR) is 74.7 cm³/mol. The van der Waals surface area contributed by atoms with E-state index in [1.165, 1.54) is 0 Å². The molecule has 0 bridgehead atoms. The van der Waals surface area contributed by atoms with Crippen molar-refractivity contribution in [2.75, 3.05) is 33.7 Å². The Bertz CT molecular complexity index is 384. The van der Waals surface area contributed by atoms with Crippen LogP contribution in [0.1, 0.15) is 5.56 Å². The van der Waals surface area contributed by atoms with Crippen molar-refractivity contribution in [2.24, 2.45) is 0 Å². The number of amides is 1. The second kappa shape index (κ2) is 8.08. The fourth-order valence-electron chi connectivity index (χ4n) is 1.52. The number of benzene rings is 1. The van der Waals surface area contributed by atoms with Crippen molar-refractivity contribution in [3.8, 4) is 0 Å². The lowest BCUT2D eigenvalue weighted by atomic mass is 10.2. The molecule has 4 nitrogen and oxygen atoms in total. The molecule has 5 heteroatoms. The molecule has 0 saturated carbocycles. The van der Waals surface area contributed by atoms with Gasteiger partial charge in [-0.2, -0.15) is 0 Å². The molecule has 18 heavy (non-hydrogen) atoms. The first kappa shape index (κ1) is 15.0. The van der Waals surface area contributed by atoms with E-state index in [2.05, 4.69) is 10.6 Å². The maximum atomic E-state index is 11.7. The molecule has 0 unspecified atom stereocenters. The molecule has 0 heterocycles. The first-order valence-corrected chi connectivity index (χ1v) is 6.34. The molecular formula is C13H20ClN3O. The van der Waals surface area contributed by atoms with E-state index in [9.17, 15) is 4.79 Å². The smallest absolute Gasteiger partial charge is 0.234 e. The van der Waals surface area contributed by atoms with E-state index in [4.69, 9.17) is 11.6 Å². The van der Waals surface area contributed by atoms with E-state index in [0.29, 0.717) is 18.1 Å². The summed E-state index contributed by atoms with van der Waals surface area (Å²) < 4.78 is 0. The van der Waals surface area contributed by atoms with Gasteiger partial charge >= 0.3 is 0 Å². The van der Waals surface area contributed by atoms with Gasteiger partial charge in [0.25, 0.3) is 0 Å². The molecule has 1 rings (SSSR count). The van der Waals surface area contributed by atoms with E-state index in [1.807, 2.05) is 43.3 Å². The van der Waals surface area contributed by atoms with Gasteiger partial charge in [-0.1, -0.05) is 29.8 Å². The van der Waals surface area contributed by atoms with Crippen LogP contribution >= 0.6 is 11.6 Å². The van der Waals surface area contributed by atoms with Crippen molar-refractivity contribution in [1.29, 1.82) is 0 Å². The third-order valence-corrected chi connectivity index (χ3v) is 2.96. The molecule has 0 radical (unpaired) electrons. The third kappa shape index (κ3) is 5.49. The van der Waals surface area contributed by atoms with Gasteiger partial charge in [-0.05, 0) is 25.7 Å². The first-order chi connectivity index (χ1) is 8.63. The van der Waals surface area contributed by atoms with Crippen LogP contribution in [0.4, 0.5) is 0 Å². The Morgan fingerprint density at radius 3 is 2.78 bits per heavy atom. The summed E-state index contributed by atoms with van der Waals surface area (Å²) in [7, 11) is 3.82. The van der Waals surface area contributed by atoms with Crippen LogP contribution < -0.4 is 10.6 Å². The predicted octanol–water partition coefficient (Wildman–Crippen LogP) is 1.11. The Labute approximate surface area is 113 Å². The average molecular weight is 270 g/mol. The zero-order chi connectivity index (χ0) is 13.4. The SMILES string of the molecule is CNCCN(C)CC(=O)NCc1ccccc1Cl. The third-order valence-electron chi connectivity index (χ3n) is 2.59. The first-order valence-electron chi connectivity index (χ1n) is 5.96. The number of hydrogen-bond acceptors (Lipinski definition) is 3. The average Bonchev–Trinajstić information content (AvgIpc) is 2.35. The van der Waals surface area contributed by atoms with Crippen molar-refractivity contribution >= 4 is 17.5 Å². The van der Waals surface area contributed by atoms with Gasteiger partial charge in [-0.15, -0.1) is 0 Å². The summed E-state index contributed by atoms with van der Waals surface area (Å²) in [6.45, 7) is 2.58. The van der Waals surface area contributed by atoms with Gasteiger partial charge in [-0.25, -0.2) is 0 Å². The van der Waals surface area contributed by atoms with Crippen molar-refractivity contribution in [1.82, 2.24) is 15.5 Å². The fourth-order valence-corrected chi connectivity index (χ4v) is 1.72. The highest BCUT2D eigenvalue weighted by atomic mass is 35.5. The second-order valence-electron chi connectivity index (χ2n) is 4.21. The van der Waals surface area contributed by atoms with Crippen LogP contribution in [0, 0.1) is 0 Å².